The Morgan fingerprint density at radius 1 is 1.24 bits per heavy atom. The lowest BCUT2D eigenvalue weighted by atomic mass is 10.2. The average molecular weight is 530 g/mol. The van der Waals surface area contributed by atoms with Crippen LogP contribution in [0.4, 0.5) is 0 Å². The van der Waals surface area contributed by atoms with E-state index < -0.39 is 0 Å². The van der Waals surface area contributed by atoms with Crippen LogP contribution in [-0.2, 0) is 16.0 Å². The minimum atomic E-state index is 0. The predicted octanol–water partition coefficient (Wildman–Crippen LogP) is 2.51. The van der Waals surface area contributed by atoms with Gasteiger partial charge >= 0.3 is 0 Å². The summed E-state index contributed by atoms with van der Waals surface area (Å²) in [6.07, 6.45) is 0.903. The van der Waals surface area contributed by atoms with E-state index in [2.05, 4.69) is 31.6 Å². The summed E-state index contributed by atoms with van der Waals surface area (Å²) in [5.41, 5.74) is 1.08. The molecule has 1 aromatic carbocycles. The highest BCUT2D eigenvalue weighted by atomic mass is 127. The molecule has 1 heterocycles. The largest absolute Gasteiger partial charge is 0.454 e. The normalized spacial score (nSPS) is 12.7. The molecule has 7 nitrogen and oxygen atoms in total. The van der Waals surface area contributed by atoms with Crippen LogP contribution >= 0.6 is 39.9 Å². The second kappa shape index (κ2) is 12.6. The molecule has 0 spiro atoms. The predicted molar refractivity (Wildman–Crippen MR) is 111 cm³/mol. The number of methoxy groups -OCH3 is 1. The van der Waals surface area contributed by atoms with Gasteiger partial charge in [-0.3, -0.25) is 4.99 Å². The fourth-order valence-electron chi connectivity index (χ4n) is 2.15. The molecular weight excluding hydrogens is 505 g/mol. The Hall–Kier alpha value is -0.780. The van der Waals surface area contributed by atoms with Crippen LogP contribution in [0.2, 0.25) is 0 Å². The van der Waals surface area contributed by atoms with Crippen LogP contribution in [0.25, 0.3) is 0 Å². The Balaban J connectivity index is 0.00000312. The number of nitrogens with zero attached hydrogens (tertiary/aromatic N) is 1. The maximum absolute atomic E-state index is 5.42. The van der Waals surface area contributed by atoms with Crippen LogP contribution < -0.4 is 20.1 Å². The molecule has 0 aliphatic carbocycles. The molecule has 0 saturated heterocycles. The van der Waals surface area contributed by atoms with Gasteiger partial charge in [-0.2, -0.15) is 0 Å². The lowest BCUT2D eigenvalue weighted by Crippen LogP contribution is -2.37. The number of benzene rings is 1. The van der Waals surface area contributed by atoms with Crippen LogP contribution in [0.1, 0.15) is 12.0 Å². The summed E-state index contributed by atoms with van der Waals surface area (Å²) in [6, 6.07) is 3.98. The third kappa shape index (κ3) is 7.55. The summed E-state index contributed by atoms with van der Waals surface area (Å²) in [6.45, 7) is 3.64. The van der Waals surface area contributed by atoms with Crippen LogP contribution in [-0.4, -0.2) is 53.3 Å². The molecule has 0 aromatic heterocycles. The van der Waals surface area contributed by atoms with Gasteiger partial charge in [-0.25, -0.2) is 0 Å². The first-order chi connectivity index (χ1) is 11.7. The van der Waals surface area contributed by atoms with Gasteiger partial charge in [-0.15, -0.1) is 24.0 Å². The molecule has 0 fully saturated rings. The van der Waals surface area contributed by atoms with Crippen molar-refractivity contribution in [2.75, 3.05) is 47.3 Å². The average Bonchev–Trinajstić information content (AvgIpc) is 3.06. The number of guanidine groups is 1. The molecule has 0 amide bonds. The van der Waals surface area contributed by atoms with Gasteiger partial charge in [0, 0.05) is 33.9 Å². The molecule has 9 heteroatoms. The van der Waals surface area contributed by atoms with Crippen molar-refractivity contribution in [3.05, 3.63) is 22.2 Å². The maximum atomic E-state index is 5.42. The van der Waals surface area contributed by atoms with Crippen molar-refractivity contribution < 1.29 is 18.9 Å². The molecule has 0 unspecified atom stereocenters. The number of hydrogen-bond acceptors (Lipinski definition) is 5. The summed E-state index contributed by atoms with van der Waals surface area (Å²) in [7, 11) is 3.42. The van der Waals surface area contributed by atoms with E-state index in [-0.39, 0.29) is 30.8 Å². The van der Waals surface area contributed by atoms with Gasteiger partial charge in [0.1, 0.15) is 0 Å². The first-order valence-corrected chi connectivity index (χ1v) is 8.63. The second-order valence-electron chi connectivity index (χ2n) is 5.12. The van der Waals surface area contributed by atoms with Crippen molar-refractivity contribution in [1.82, 2.24) is 10.6 Å². The van der Waals surface area contributed by atoms with Gasteiger partial charge in [0.15, 0.2) is 17.5 Å². The van der Waals surface area contributed by atoms with Crippen molar-refractivity contribution in [2.45, 2.75) is 13.0 Å². The standard InChI is InChI=1S/C16H24BrN3O4.HI/c1-18-16(19-4-3-5-22-7-6-21-2)20-10-12-8-13(17)15-14(9-12)23-11-24-15;/h8-9H,3-7,10-11H2,1-2H3,(H2,18,19,20);1H. The summed E-state index contributed by atoms with van der Waals surface area (Å²) < 4.78 is 22.0. The Morgan fingerprint density at radius 2 is 2.08 bits per heavy atom. The van der Waals surface area contributed by atoms with Crippen molar-refractivity contribution >= 4 is 45.9 Å². The van der Waals surface area contributed by atoms with E-state index in [0.29, 0.717) is 26.4 Å². The molecule has 142 valence electrons. The lowest BCUT2D eigenvalue weighted by molar-refractivity contribution is 0.0698. The Labute approximate surface area is 174 Å². The molecule has 0 atom stereocenters. The molecule has 1 aliphatic heterocycles. The maximum Gasteiger partial charge on any atom is 0.231 e. The molecule has 25 heavy (non-hydrogen) atoms. The van der Waals surface area contributed by atoms with Crippen LogP contribution in [0.3, 0.4) is 0 Å². The van der Waals surface area contributed by atoms with Crippen LogP contribution in [0.15, 0.2) is 21.6 Å². The van der Waals surface area contributed by atoms with Crippen molar-refractivity contribution in [1.29, 1.82) is 0 Å². The Bertz CT molecular complexity index is 560. The third-order valence-corrected chi connectivity index (χ3v) is 3.95. The highest BCUT2D eigenvalue weighted by Crippen LogP contribution is 2.39. The molecule has 0 saturated carbocycles. The van der Waals surface area contributed by atoms with E-state index in [4.69, 9.17) is 18.9 Å². The quantitative estimate of drug-likeness (QED) is 0.222. The van der Waals surface area contributed by atoms with E-state index in [1.165, 1.54) is 0 Å². The summed E-state index contributed by atoms with van der Waals surface area (Å²) in [4.78, 5) is 4.21. The van der Waals surface area contributed by atoms with E-state index in [0.717, 1.165) is 40.5 Å². The van der Waals surface area contributed by atoms with Gasteiger partial charge in [0.2, 0.25) is 6.79 Å². The minimum absolute atomic E-state index is 0. The number of fused-ring (bicyclic) bond motifs is 1. The molecule has 0 bridgehead atoms. The van der Waals surface area contributed by atoms with Crippen LogP contribution in [0, 0.1) is 0 Å². The van der Waals surface area contributed by atoms with Gasteiger partial charge in [-0.05, 0) is 40.0 Å². The number of ether oxygens (including phenoxy) is 4. The molecule has 2 rings (SSSR count). The van der Waals surface area contributed by atoms with Crippen LogP contribution in [0.5, 0.6) is 11.5 Å². The van der Waals surface area contributed by atoms with Gasteiger partial charge in [0.05, 0.1) is 17.7 Å². The van der Waals surface area contributed by atoms with E-state index in [9.17, 15) is 0 Å². The zero-order chi connectivity index (χ0) is 17.2. The second-order valence-corrected chi connectivity index (χ2v) is 5.98. The minimum Gasteiger partial charge on any atom is -0.454 e. The smallest absolute Gasteiger partial charge is 0.231 e. The van der Waals surface area contributed by atoms with Crippen molar-refractivity contribution in [3.8, 4) is 11.5 Å². The van der Waals surface area contributed by atoms with Gasteiger partial charge < -0.3 is 29.6 Å². The molecule has 2 N–H and O–H groups in total. The van der Waals surface area contributed by atoms with E-state index >= 15 is 0 Å². The molecule has 1 aliphatic rings. The number of hydrogen-bond donors (Lipinski definition) is 2. The first kappa shape index (κ1) is 22.3. The topological polar surface area (TPSA) is 73.3 Å². The monoisotopic (exact) mass is 529 g/mol. The van der Waals surface area contributed by atoms with E-state index in [1.807, 2.05) is 12.1 Å². The number of aliphatic imine (C=N–C) groups is 1. The molecule has 0 radical (unpaired) electrons. The third-order valence-electron chi connectivity index (χ3n) is 3.36. The number of halogens is 2. The summed E-state index contributed by atoms with van der Waals surface area (Å²) in [5, 5.41) is 6.53. The highest BCUT2D eigenvalue weighted by molar-refractivity contribution is 14.0. The Kier molecular flexibility index (Phi) is 11.2. The van der Waals surface area contributed by atoms with Gasteiger partial charge in [0.25, 0.3) is 0 Å². The fraction of sp³-hybridized carbons (Fsp3) is 0.562. The van der Waals surface area contributed by atoms with Gasteiger partial charge in [-0.1, -0.05) is 0 Å². The lowest BCUT2D eigenvalue weighted by Gasteiger charge is -2.12. The summed E-state index contributed by atoms with van der Waals surface area (Å²) >= 11 is 3.50. The zero-order valence-corrected chi connectivity index (χ0v) is 18.4. The number of nitrogens with one attached hydrogen (secondary N) is 2. The Morgan fingerprint density at radius 3 is 2.84 bits per heavy atom. The highest BCUT2D eigenvalue weighted by Gasteiger charge is 2.17. The fourth-order valence-corrected chi connectivity index (χ4v) is 2.76. The SMILES string of the molecule is CN=C(NCCCOCCOC)NCc1cc(Br)c2c(c1)OCO2.I. The number of rotatable bonds is 9. The zero-order valence-electron chi connectivity index (χ0n) is 14.5. The molecule has 1 aromatic rings. The van der Waals surface area contributed by atoms with Crippen molar-refractivity contribution in [3.63, 3.8) is 0 Å². The molecular formula is C16H25BrIN3O4. The van der Waals surface area contributed by atoms with E-state index in [1.54, 1.807) is 14.2 Å². The first-order valence-electron chi connectivity index (χ1n) is 7.84. The van der Waals surface area contributed by atoms with Crippen molar-refractivity contribution in [2.24, 2.45) is 4.99 Å². The summed E-state index contributed by atoms with van der Waals surface area (Å²) in [5.74, 6) is 2.27.